The van der Waals surface area contributed by atoms with Gasteiger partial charge in [-0.25, -0.2) is 8.42 Å². The molecule has 1 aliphatic rings. The molecule has 12 heavy (non-hydrogen) atoms. The summed E-state index contributed by atoms with van der Waals surface area (Å²) in [7, 11) is -2.55. The smallest absolute Gasteiger partial charge is 0.303 e. The Labute approximate surface area is 72.5 Å². The standard InChI is InChI=1S/C4H8O2S.C3H6O2/c5-7(6)3-1-2-4-7;1-2-3(4)5/h1-4H2;2H2,1H3,(H,4,5). The Bertz CT molecular complexity index is 218. The molecular formula is C7H14O4S. The Morgan fingerprint density at radius 1 is 1.33 bits per heavy atom. The minimum Gasteiger partial charge on any atom is -0.481 e. The Morgan fingerprint density at radius 2 is 1.67 bits per heavy atom. The van der Waals surface area contributed by atoms with Crippen molar-refractivity contribution in [1.29, 1.82) is 0 Å². The lowest BCUT2D eigenvalue weighted by atomic mass is 10.4. The lowest BCUT2D eigenvalue weighted by Gasteiger charge is -1.81. The van der Waals surface area contributed by atoms with Crippen molar-refractivity contribution in [2.45, 2.75) is 26.2 Å². The van der Waals surface area contributed by atoms with Gasteiger partial charge in [-0.3, -0.25) is 4.79 Å². The number of carbonyl (C=O) groups is 1. The first-order valence-corrected chi connectivity index (χ1v) is 5.72. The molecule has 1 saturated heterocycles. The number of carboxylic acids is 1. The Balaban J connectivity index is 0.000000217. The molecule has 72 valence electrons. The van der Waals surface area contributed by atoms with Crippen molar-refractivity contribution in [3.8, 4) is 0 Å². The van der Waals surface area contributed by atoms with Gasteiger partial charge in [0.2, 0.25) is 0 Å². The maximum absolute atomic E-state index is 10.4. The van der Waals surface area contributed by atoms with E-state index in [1.807, 2.05) is 0 Å². The fourth-order valence-corrected chi connectivity index (χ4v) is 2.24. The zero-order chi connectivity index (χ0) is 9.61. The molecule has 4 nitrogen and oxygen atoms in total. The number of rotatable bonds is 1. The molecule has 0 amide bonds. The van der Waals surface area contributed by atoms with Crippen LogP contribution >= 0.6 is 0 Å². The largest absolute Gasteiger partial charge is 0.481 e. The Morgan fingerprint density at radius 3 is 1.75 bits per heavy atom. The van der Waals surface area contributed by atoms with Gasteiger partial charge >= 0.3 is 5.97 Å². The third-order valence-corrected chi connectivity index (χ3v) is 3.28. The van der Waals surface area contributed by atoms with Crippen molar-refractivity contribution in [2.24, 2.45) is 0 Å². The molecule has 0 aliphatic carbocycles. The van der Waals surface area contributed by atoms with Gasteiger partial charge in [0.05, 0.1) is 11.5 Å². The highest BCUT2D eigenvalue weighted by Gasteiger charge is 2.16. The van der Waals surface area contributed by atoms with Gasteiger partial charge in [0.1, 0.15) is 9.84 Å². The van der Waals surface area contributed by atoms with Crippen LogP contribution in [0.2, 0.25) is 0 Å². The van der Waals surface area contributed by atoms with Crippen LogP contribution < -0.4 is 0 Å². The topological polar surface area (TPSA) is 71.4 Å². The molecular weight excluding hydrogens is 180 g/mol. The van der Waals surface area contributed by atoms with Gasteiger partial charge in [-0.2, -0.15) is 0 Å². The maximum atomic E-state index is 10.4. The molecule has 1 aliphatic heterocycles. The molecule has 0 radical (unpaired) electrons. The second-order valence-electron chi connectivity index (χ2n) is 2.61. The summed E-state index contributed by atoms with van der Waals surface area (Å²) in [5.41, 5.74) is 0. The SMILES string of the molecule is CCC(=O)O.O=S1(=O)CCCC1. The molecule has 0 aromatic heterocycles. The lowest BCUT2D eigenvalue weighted by Crippen LogP contribution is -1.98. The lowest BCUT2D eigenvalue weighted by molar-refractivity contribution is -0.136. The normalized spacial score (nSPS) is 19.4. The van der Waals surface area contributed by atoms with Crippen LogP contribution in [0.3, 0.4) is 0 Å². The first-order chi connectivity index (χ1) is 5.48. The van der Waals surface area contributed by atoms with Gasteiger partial charge in [-0.15, -0.1) is 0 Å². The molecule has 1 rings (SSSR count). The molecule has 1 fully saturated rings. The summed E-state index contributed by atoms with van der Waals surface area (Å²) in [4.78, 5) is 9.37. The number of carboxylic acid groups (broad SMARTS) is 1. The number of hydrogen-bond donors (Lipinski definition) is 1. The van der Waals surface area contributed by atoms with Crippen LogP contribution in [-0.4, -0.2) is 31.0 Å². The van der Waals surface area contributed by atoms with E-state index >= 15 is 0 Å². The van der Waals surface area contributed by atoms with Crippen LogP contribution in [0, 0.1) is 0 Å². The van der Waals surface area contributed by atoms with E-state index in [1.165, 1.54) is 0 Å². The highest BCUT2D eigenvalue weighted by Crippen LogP contribution is 2.08. The third kappa shape index (κ3) is 6.15. The first-order valence-electron chi connectivity index (χ1n) is 3.90. The maximum Gasteiger partial charge on any atom is 0.303 e. The van der Waals surface area contributed by atoms with Crippen LogP contribution in [0.5, 0.6) is 0 Å². The molecule has 1 heterocycles. The molecule has 0 aromatic carbocycles. The van der Waals surface area contributed by atoms with E-state index in [4.69, 9.17) is 5.11 Å². The zero-order valence-corrected chi connectivity index (χ0v) is 7.93. The highest BCUT2D eigenvalue weighted by atomic mass is 32.2. The molecule has 0 bridgehead atoms. The fraction of sp³-hybridized carbons (Fsp3) is 0.857. The van der Waals surface area contributed by atoms with Gasteiger partial charge in [-0.1, -0.05) is 6.92 Å². The fourth-order valence-electron chi connectivity index (χ4n) is 0.746. The van der Waals surface area contributed by atoms with Crippen molar-refractivity contribution in [1.82, 2.24) is 0 Å². The van der Waals surface area contributed by atoms with E-state index in [0.29, 0.717) is 11.5 Å². The van der Waals surface area contributed by atoms with Crippen LogP contribution in [-0.2, 0) is 14.6 Å². The molecule has 5 heteroatoms. The monoisotopic (exact) mass is 194 g/mol. The first kappa shape index (κ1) is 11.4. The van der Waals surface area contributed by atoms with Gasteiger partial charge in [0, 0.05) is 6.42 Å². The molecule has 0 aromatic rings. The second-order valence-corrected chi connectivity index (χ2v) is 4.91. The molecule has 1 N–H and O–H groups in total. The van der Waals surface area contributed by atoms with Crippen molar-refractivity contribution in [3.63, 3.8) is 0 Å². The summed E-state index contributed by atoms with van der Waals surface area (Å²) >= 11 is 0. The molecule has 0 saturated carbocycles. The Hall–Kier alpha value is -0.580. The zero-order valence-electron chi connectivity index (χ0n) is 7.12. The number of aliphatic carboxylic acids is 1. The summed E-state index contributed by atoms with van der Waals surface area (Å²) < 4.78 is 20.9. The summed E-state index contributed by atoms with van der Waals surface area (Å²) in [5.74, 6) is 0.102. The van der Waals surface area contributed by atoms with E-state index in [-0.39, 0.29) is 6.42 Å². The highest BCUT2D eigenvalue weighted by molar-refractivity contribution is 7.91. The van der Waals surface area contributed by atoms with Crippen LogP contribution in [0.4, 0.5) is 0 Å². The average molecular weight is 194 g/mol. The van der Waals surface area contributed by atoms with E-state index < -0.39 is 15.8 Å². The molecule has 0 unspecified atom stereocenters. The summed E-state index contributed by atoms with van der Waals surface area (Å²) in [6.07, 6.45) is 1.98. The Kier molecular flexibility index (Phi) is 4.89. The minimum absolute atomic E-state index is 0.222. The van der Waals surface area contributed by atoms with Crippen LogP contribution in [0.15, 0.2) is 0 Å². The molecule has 0 atom stereocenters. The predicted molar refractivity (Wildman–Crippen MR) is 45.8 cm³/mol. The molecule has 0 spiro atoms. The van der Waals surface area contributed by atoms with Crippen LogP contribution in [0.1, 0.15) is 26.2 Å². The number of hydrogen-bond acceptors (Lipinski definition) is 3. The van der Waals surface area contributed by atoms with Crippen molar-refractivity contribution >= 4 is 15.8 Å². The average Bonchev–Trinajstić information content (AvgIpc) is 2.35. The van der Waals surface area contributed by atoms with Gasteiger partial charge < -0.3 is 5.11 Å². The second kappa shape index (κ2) is 5.13. The van der Waals surface area contributed by atoms with Crippen LogP contribution in [0.25, 0.3) is 0 Å². The van der Waals surface area contributed by atoms with Crippen molar-refractivity contribution in [3.05, 3.63) is 0 Å². The van der Waals surface area contributed by atoms with Gasteiger partial charge in [0.25, 0.3) is 0 Å². The van der Waals surface area contributed by atoms with Crippen molar-refractivity contribution < 1.29 is 18.3 Å². The summed E-state index contributed by atoms with van der Waals surface area (Å²) in [6, 6.07) is 0. The van der Waals surface area contributed by atoms with Crippen molar-refractivity contribution in [2.75, 3.05) is 11.5 Å². The van der Waals surface area contributed by atoms with E-state index in [0.717, 1.165) is 12.8 Å². The quantitative estimate of drug-likeness (QED) is 0.666. The minimum atomic E-state index is -2.55. The summed E-state index contributed by atoms with van der Waals surface area (Å²) in [5, 5.41) is 7.72. The predicted octanol–water partition coefficient (Wildman–Crippen LogP) is 0.676. The van der Waals surface area contributed by atoms with E-state index in [2.05, 4.69) is 0 Å². The number of sulfone groups is 1. The third-order valence-electron chi connectivity index (χ3n) is 1.46. The van der Waals surface area contributed by atoms with Gasteiger partial charge in [-0.05, 0) is 12.8 Å². The van der Waals surface area contributed by atoms with E-state index in [1.54, 1.807) is 6.92 Å². The van der Waals surface area contributed by atoms with E-state index in [9.17, 15) is 13.2 Å². The summed E-state index contributed by atoms with van der Waals surface area (Å²) in [6.45, 7) is 1.60. The van der Waals surface area contributed by atoms with Gasteiger partial charge in [0.15, 0.2) is 0 Å².